The van der Waals surface area contributed by atoms with Crippen LogP contribution >= 0.6 is 0 Å². The summed E-state index contributed by atoms with van der Waals surface area (Å²) in [7, 11) is -3.33. The SMILES string of the molecule is CS(=O)(=O)Nc1ccc(CNC(=O)C23CCCC(C(=O)CC4c5ccccc5-c5cncn54)(CC2)CC3)cc1. The fraction of sp³-hybridized carbons (Fsp3) is 0.433. The Kier molecular flexibility index (Phi) is 6.37. The first-order chi connectivity index (χ1) is 18.7. The summed E-state index contributed by atoms with van der Waals surface area (Å²) in [6.45, 7) is 0.387. The lowest BCUT2D eigenvalue weighted by atomic mass is 9.62. The van der Waals surface area contributed by atoms with Crippen molar-refractivity contribution < 1.29 is 18.0 Å². The molecule has 8 nitrogen and oxygen atoms in total. The number of nitrogens with one attached hydrogen (secondary N) is 2. The second-order valence-corrected chi connectivity index (χ2v) is 13.3. The fourth-order valence-corrected chi connectivity index (χ4v) is 7.60. The summed E-state index contributed by atoms with van der Waals surface area (Å²) in [5.41, 5.74) is 4.06. The number of anilines is 1. The van der Waals surface area contributed by atoms with E-state index in [1.165, 1.54) is 5.56 Å². The van der Waals surface area contributed by atoms with Gasteiger partial charge in [-0.25, -0.2) is 13.4 Å². The molecular weight excluding hydrogens is 512 g/mol. The number of sulfonamides is 1. The Morgan fingerprint density at radius 1 is 0.974 bits per heavy atom. The molecule has 3 aromatic rings. The van der Waals surface area contributed by atoms with Gasteiger partial charge in [-0.1, -0.05) is 42.8 Å². The first-order valence-electron chi connectivity index (χ1n) is 13.7. The average Bonchev–Trinajstić information content (AvgIpc) is 3.37. The van der Waals surface area contributed by atoms with Crippen molar-refractivity contribution >= 4 is 27.4 Å². The zero-order valence-corrected chi connectivity index (χ0v) is 23.0. The molecule has 2 N–H and O–H groups in total. The van der Waals surface area contributed by atoms with Crippen LogP contribution in [-0.4, -0.2) is 35.9 Å². The van der Waals surface area contributed by atoms with Gasteiger partial charge in [0.1, 0.15) is 5.78 Å². The molecule has 0 spiro atoms. The number of hydrogen-bond acceptors (Lipinski definition) is 5. The Morgan fingerprint density at radius 2 is 1.67 bits per heavy atom. The van der Waals surface area contributed by atoms with E-state index in [-0.39, 0.29) is 17.4 Å². The third-order valence-corrected chi connectivity index (χ3v) is 9.84. The van der Waals surface area contributed by atoms with Gasteiger partial charge in [-0.3, -0.25) is 14.3 Å². The quantitative estimate of drug-likeness (QED) is 0.421. The van der Waals surface area contributed by atoms with Crippen molar-refractivity contribution in [3.8, 4) is 11.3 Å². The van der Waals surface area contributed by atoms with Crippen LogP contribution in [-0.2, 0) is 26.2 Å². The highest BCUT2D eigenvalue weighted by atomic mass is 32.2. The molecule has 2 bridgehead atoms. The molecule has 0 saturated heterocycles. The van der Waals surface area contributed by atoms with Crippen LogP contribution in [0.2, 0.25) is 0 Å². The van der Waals surface area contributed by atoms with Gasteiger partial charge in [-0.2, -0.15) is 0 Å². The lowest BCUT2D eigenvalue weighted by molar-refractivity contribution is -0.139. The first kappa shape index (κ1) is 25.8. The highest BCUT2D eigenvalue weighted by Gasteiger charge is 2.52. The second kappa shape index (κ2) is 9.62. The Hall–Kier alpha value is -3.46. The van der Waals surface area contributed by atoms with Crippen molar-refractivity contribution in [1.82, 2.24) is 14.9 Å². The van der Waals surface area contributed by atoms with Crippen molar-refractivity contribution in [2.75, 3.05) is 11.0 Å². The average molecular weight is 547 g/mol. The lowest BCUT2D eigenvalue weighted by Gasteiger charge is -2.41. The molecule has 1 atom stereocenters. The normalized spacial score (nSPS) is 25.4. The third kappa shape index (κ3) is 4.77. The van der Waals surface area contributed by atoms with E-state index in [2.05, 4.69) is 31.7 Å². The van der Waals surface area contributed by atoms with Crippen LogP contribution in [0.3, 0.4) is 0 Å². The Bertz CT molecular complexity index is 1520. The van der Waals surface area contributed by atoms with Gasteiger partial charge in [0.05, 0.1) is 30.5 Å². The minimum atomic E-state index is -3.33. The molecule has 1 amide bonds. The number of hydrogen-bond donors (Lipinski definition) is 2. The molecule has 7 rings (SSSR count). The zero-order valence-electron chi connectivity index (χ0n) is 22.2. The maximum atomic E-state index is 13.9. The van der Waals surface area contributed by atoms with Gasteiger partial charge in [-0.15, -0.1) is 0 Å². The minimum absolute atomic E-state index is 0.0159. The van der Waals surface area contributed by atoms with Gasteiger partial charge < -0.3 is 9.88 Å². The monoisotopic (exact) mass is 546 g/mol. The maximum Gasteiger partial charge on any atom is 0.229 e. The summed E-state index contributed by atoms with van der Waals surface area (Å²) in [5.74, 6) is 0.388. The molecule has 3 aliphatic carbocycles. The zero-order chi connectivity index (χ0) is 27.3. The number of rotatable bonds is 8. The van der Waals surface area contributed by atoms with Gasteiger partial charge in [0.2, 0.25) is 15.9 Å². The molecule has 1 aromatic heterocycles. The molecule has 1 aliphatic heterocycles. The van der Waals surface area contributed by atoms with Crippen LogP contribution < -0.4 is 10.0 Å². The van der Waals surface area contributed by atoms with Gasteiger partial charge in [-0.05, 0) is 61.8 Å². The standard InChI is InChI=1S/C30H34N4O4S/c1-39(37,38)33-22-9-7-21(8-10-22)18-32-28(36)30-12-4-11-29(13-15-30,14-16-30)27(35)17-25-23-5-2-3-6-24(23)26-19-31-20-34(25)26/h2-3,5-10,19-20,25,33H,4,11-18H2,1H3,(H,32,36). The van der Waals surface area contributed by atoms with Crippen molar-refractivity contribution in [1.29, 1.82) is 0 Å². The van der Waals surface area contributed by atoms with E-state index < -0.39 is 15.4 Å². The van der Waals surface area contributed by atoms with Crippen molar-refractivity contribution in [3.63, 3.8) is 0 Å². The summed E-state index contributed by atoms with van der Waals surface area (Å²) < 4.78 is 27.4. The van der Waals surface area contributed by atoms with Gasteiger partial charge in [0.15, 0.2) is 0 Å². The van der Waals surface area contributed by atoms with E-state index in [1.807, 2.05) is 36.8 Å². The van der Waals surface area contributed by atoms with E-state index in [0.29, 0.717) is 24.4 Å². The number of carbonyl (C=O) groups excluding carboxylic acids is 2. The molecule has 2 heterocycles. The summed E-state index contributed by atoms with van der Waals surface area (Å²) in [5, 5.41) is 3.13. The van der Waals surface area contributed by atoms with Crippen LogP contribution in [0.5, 0.6) is 0 Å². The molecular formula is C30H34N4O4S. The predicted molar refractivity (Wildman–Crippen MR) is 149 cm³/mol. The fourth-order valence-electron chi connectivity index (χ4n) is 7.04. The van der Waals surface area contributed by atoms with Gasteiger partial charge in [0, 0.05) is 35.0 Å². The number of Topliss-reactive ketones (excluding diaryl/α,β-unsaturated/α-hetero) is 1. The highest BCUT2D eigenvalue weighted by Crippen LogP contribution is 2.56. The molecule has 1 unspecified atom stereocenters. The Balaban J connectivity index is 1.10. The highest BCUT2D eigenvalue weighted by molar-refractivity contribution is 7.92. The van der Waals surface area contributed by atoms with Crippen LogP contribution in [0, 0.1) is 10.8 Å². The Morgan fingerprint density at radius 3 is 2.41 bits per heavy atom. The number of amides is 1. The van der Waals surface area contributed by atoms with E-state index in [4.69, 9.17) is 0 Å². The largest absolute Gasteiger partial charge is 0.352 e. The van der Waals surface area contributed by atoms with E-state index >= 15 is 0 Å². The number of carbonyl (C=O) groups is 2. The van der Waals surface area contributed by atoms with Crippen molar-refractivity contribution in [3.05, 3.63) is 72.2 Å². The van der Waals surface area contributed by atoms with E-state index in [9.17, 15) is 18.0 Å². The molecule has 9 heteroatoms. The van der Waals surface area contributed by atoms with Crippen molar-refractivity contribution in [2.24, 2.45) is 10.8 Å². The summed E-state index contributed by atoms with van der Waals surface area (Å²) >= 11 is 0. The van der Waals surface area contributed by atoms with Gasteiger partial charge >= 0.3 is 0 Å². The molecule has 0 radical (unpaired) electrons. The van der Waals surface area contributed by atoms with Crippen LogP contribution in [0.15, 0.2) is 61.1 Å². The first-order valence-corrected chi connectivity index (χ1v) is 15.6. The number of fused-ring (bicyclic) bond motifs is 7. The summed E-state index contributed by atoms with van der Waals surface area (Å²) in [6.07, 6.45) is 10.8. The number of imidazole rings is 1. The van der Waals surface area contributed by atoms with E-state index in [0.717, 1.165) is 68.0 Å². The van der Waals surface area contributed by atoms with Crippen LogP contribution in [0.25, 0.3) is 11.3 Å². The smallest absolute Gasteiger partial charge is 0.229 e. The number of ketones is 1. The maximum absolute atomic E-state index is 13.9. The van der Waals surface area contributed by atoms with Crippen LogP contribution in [0.4, 0.5) is 5.69 Å². The molecule has 4 aliphatic rings. The molecule has 39 heavy (non-hydrogen) atoms. The molecule has 2 aromatic carbocycles. The summed E-state index contributed by atoms with van der Waals surface area (Å²) in [4.78, 5) is 31.7. The van der Waals surface area contributed by atoms with Gasteiger partial charge in [0.25, 0.3) is 0 Å². The topological polar surface area (TPSA) is 110 Å². The predicted octanol–water partition coefficient (Wildman–Crippen LogP) is 4.83. The lowest BCUT2D eigenvalue weighted by Crippen LogP contribution is -2.45. The Labute approximate surface area is 229 Å². The second-order valence-electron chi connectivity index (χ2n) is 11.6. The molecule has 3 fully saturated rings. The number of aromatic nitrogens is 2. The summed E-state index contributed by atoms with van der Waals surface area (Å²) in [6, 6.07) is 15.3. The third-order valence-electron chi connectivity index (χ3n) is 9.23. The van der Waals surface area contributed by atoms with E-state index in [1.54, 1.807) is 12.1 Å². The molecule has 204 valence electrons. The minimum Gasteiger partial charge on any atom is -0.352 e. The number of benzene rings is 2. The molecule has 3 saturated carbocycles. The number of nitrogens with zero attached hydrogens (tertiary/aromatic N) is 2. The van der Waals surface area contributed by atoms with Crippen LogP contribution in [0.1, 0.15) is 68.5 Å². The van der Waals surface area contributed by atoms with Crippen molar-refractivity contribution in [2.45, 2.75) is 64.0 Å².